The summed E-state index contributed by atoms with van der Waals surface area (Å²) in [6, 6.07) is 8.87. The number of nitrogens with one attached hydrogen (secondary N) is 3. The lowest BCUT2D eigenvalue weighted by molar-refractivity contribution is -0.137. The van der Waals surface area contributed by atoms with E-state index in [9.17, 15) is 23.1 Å². The molecule has 1 unspecified atom stereocenters. The van der Waals surface area contributed by atoms with Crippen LogP contribution in [-0.4, -0.2) is 44.6 Å². The first-order valence-corrected chi connectivity index (χ1v) is 11.5. The minimum atomic E-state index is -4.66. The van der Waals surface area contributed by atoms with E-state index in [1.165, 1.54) is 0 Å². The molecule has 1 aromatic carbocycles. The van der Waals surface area contributed by atoms with Crippen molar-refractivity contribution in [1.29, 1.82) is 5.41 Å². The van der Waals surface area contributed by atoms with Gasteiger partial charge in [-0.15, -0.1) is 5.10 Å². The number of aliphatic hydroxyl groups excluding tert-OH is 1. The lowest BCUT2D eigenvalue weighted by Gasteiger charge is -2.17. The Bertz CT molecular complexity index is 1400. The van der Waals surface area contributed by atoms with E-state index < -0.39 is 23.3 Å². The van der Waals surface area contributed by atoms with E-state index in [4.69, 9.17) is 11.1 Å². The third kappa shape index (κ3) is 6.71. The molecule has 6 N–H and O–H groups in total. The highest BCUT2D eigenvalue weighted by molar-refractivity contribution is 6.21. The molecule has 0 spiro atoms. The number of hydrogen-bond donors (Lipinski definition) is 5. The Morgan fingerprint density at radius 2 is 1.87 bits per heavy atom. The highest BCUT2D eigenvalue weighted by Gasteiger charge is 2.32. The van der Waals surface area contributed by atoms with Crippen molar-refractivity contribution < 1.29 is 23.1 Å². The van der Waals surface area contributed by atoms with Crippen LogP contribution in [-0.2, 0) is 6.18 Å². The standard InChI is InChI=1S/C26H28F3N7O2/c1-13-5-6-19(34-25(38)22-9-18(11-32-36-22)26(27,28)29)10-20(13)17-7-21(24(15(3)30)16(4)31)35-23(8-17)33-14(2)12-37/h5-11,14,30,37H,12,31H2,1-4H3,(H,33,35)(H,34,38)/b24-16+,30-15?. The van der Waals surface area contributed by atoms with Gasteiger partial charge in [0.2, 0.25) is 0 Å². The van der Waals surface area contributed by atoms with Crippen LogP contribution in [0.25, 0.3) is 16.7 Å². The van der Waals surface area contributed by atoms with Gasteiger partial charge in [0.1, 0.15) is 5.82 Å². The third-order valence-electron chi connectivity index (χ3n) is 5.54. The maximum absolute atomic E-state index is 13.0. The number of rotatable bonds is 8. The van der Waals surface area contributed by atoms with E-state index in [0.717, 1.165) is 5.56 Å². The highest BCUT2D eigenvalue weighted by atomic mass is 19.4. The number of aromatic nitrogens is 3. The number of amides is 1. The molecular weight excluding hydrogens is 499 g/mol. The molecule has 1 amide bonds. The highest BCUT2D eigenvalue weighted by Crippen LogP contribution is 2.32. The number of halogens is 3. The van der Waals surface area contributed by atoms with E-state index in [1.807, 2.05) is 6.92 Å². The molecular formula is C26H28F3N7O2. The second kappa shape index (κ2) is 11.4. The summed E-state index contributed by atoms with van der Waals surface area (Å²) < 4.78 is 39.1. The number of benzene rings is 1. The van der Waals surface area contributed by atoms with Crippen molar-refractivity contribution in [3.8, 4) is 11.1 Å². The minimum Gasteiger partial charge on any atom is -0.402 e. The van der Waals surface area contributed by atoms with Gasteiger partial charge in [-0.1, -0.05) is 6.07 Å². The molecule has 200 valence electrons. The summed E-state index contributed by atoms with van der Waals surface area (Å²) in [7, 11) is 0. The van der Waals surface area contributed by atoms with Gasteiger partial charge in [-0.05, 0) is 74.7 Å². The quantitative estimate of drug-likeness (QED) is 0.268. The lowest BCUT2D eigenvalue weighted by atomic mass is 9.97. The second-order valence-corrected chi connectivity index (χ2v) is 8.85. The molecule has 0 aliphatic rings. The van der Waals surface area contributed by atoms with Gasteiger partial charge in [-0.25, -0.2) is 4.98 Å². The fourth-order valence-electron chi connectivity index (χ4n) is 3.71. The number of anilines is 2. The molecule has 1 atom stereocenters. The van der Waals surface area contributed by atoms with Crippen molar-refractivity contribution in [3.63, 3.8) is 0 Å². The number of aliphatic hydroxyl groups is 1. The van der Waals surface area contributed by atoms with Gasteiger partial charge in [0.05, 0.1) is 24.1 Å². The SMILES string of the molecule is CC(=N)/C(=C(/C)N)c1cc(-c2cc(NC(=O)c3cc(C(F)(F)F)cnn3)ccc2C)cc(NC(C)CO)n1. The number of allylic oxidation sites excluding steroid dienone is 2. The van der Waals surface area contributed by atoms with Crippen LogP contribution in [0.5, 0.6) is 0 Å². The maximum Gasteiger partial charge on any atom is 0.418 e. The van der Waals surface area contributed by atoms with Gasteiger partial charge in [0, 0.05) is 28.7 Å². The first-order chi connectivity index (χ1) is 17.8. The van der Waals surface area contributed by atoms with E-state index in [2.05, 4.69) is 25.8 Å². The Morgan fingerprint density at radius 3 is 2.47 bits per heavy atom. The maximum atomic E-state index is 13.0. The van der Waals surface area contributed by atoms with Crippen molar-refractivity contribution in [2.45, 2.75) is 39.9 Å². The number of carbonyl (C=O) groups is 1. The Balaban J connectivity index is 2.05. The average Bonchev–Trinajstić information content (AvgIpc) is 2.84. The van der Waals surface area contributed by atoms with Gasteiger partial charge in [0.15, 0.2) is 5.69 Å². The van der Waals surface area contributed by atoms with E-state index >= 15 is 0 Å². The number of nitrogens with two attached hydrogens (primary N) is 1. The molecule has 12 heteroatoms. The van der Waals surface area contributed by atoms with E-state index in [-0.39, 0.29) is 18.4 Å². The molecule has 0 aliphatic carbocycles. The molecule has 3 aromatic rings. The van der Waals surface area contributed by atoms with Crippen LogP contribution < -0.4 is 16.4 Å². The molecule has 0 radical (unpaired) electrons. The normalized spacial score (nSPS) is 12.9. The molecule has 38 heavy (non-hydrogen) atoms. The van der Waals surface area contributed by atoms with Gasteiger partial charge >= 0.3 is 6.18 Å². The number of nitrogens with zero attached hydrogens (tertiary/aromatic N) is 3. The van der Waals surface area contributed by atoms with Crippen LogP contribution in [0.3, 0.4) is 0 Å². The van der Waals surface area contributed by atoms with Crippen LogP contribution in [0.2, 0.25) is 0 Å². The van der Waals surface area contributed by atoms with E-state index in [1.54, 1.807) is 51.1 Å². The fourth-order valence-corrected chi connectivity index (χ4v) is 3.71. The molecule has 0 fully saturated rings. The van der Waals surface area contributed by atoms with Crippen LogP contribution in [0.15, 0.2) is 48.3 Å². The number of pyridine rings is 1. The van der Waals surface area contributed by atoms with Crippen LogP contribution in [0.1, 0.15) is 48.1 Å². The summed E-state index contributed by atoms with van der Waals surface area (Å²) in [5.41, 5.74) is 8.53. The predicted octanol–water partition coefficient (Wildman–Crippen LogP) is 4.64. The van der Waals surface area contributed by atoms with Crippen LogP contribution >= 0.6 is 0 Å². The topological polar surface area (TPSA) is 150 Å². The first kappa shape index (κ1) is 28.3. The molecule has 0 saturated heterocycles. The number of hydrogen-bond acceptors (Lipinski definition) is 8. The number of carbonyl (C=O) groups excluding carboxylic acids is 1. The molecule has 2 heterocycles. The van der Waals surface area contributed by atoms with E-state index in [0.29, 0.717) is 51.9 Å². The fraction of sp³-hybridized carbons (Fsp3) is 0.269. The zero-order chi connectivity index (χ0) is 28.2. The minimum absolute atomic E-state index is 0.136. The van der Waals surface area contributed by atoms with Gasteiger partial charge in [0.25, 0.3) is 5.91 Å². The lowest BCUT2D eigenvalue weighted by Crippen LogP contribution is -2.20. The first-order valence-electron chi connectivity index (χ1n) is 11.5. The van der Waals surface area contributed by atoms with Crippen molar-refractivity contribution in [2.75, 3.05) is 17.2 Å². The van der Waals surface area contributed by atoms with Crippen LogP contribution in [0.4, 0.5) is 24.7 Å². The summed E-state index contributed by atoms with van der Waals surface area (Å²) in [5.74, 6) is -0.413. The van der Waals surface area contributed by atoms with Crippen molar-refractivity contribution in [1.82, 2.24) is 15.2 Å². The van der Waals surface area contributed by atoms with Crippen molar-refractivity contribution in [2.24, 2.45) is 5.73 Å². The van der Waals surface area contributed by atoms with Gasteiger partial charge in [-0.3, -0.25) is 4.79 Å². The molecule has 0 bridgehead atoms. The van der Waals surface area contributed by atoms with Crippen molar-refractivity contribution >= 4 is 28.7 Å². The molecule has 0 saturated carbocycles. The zero-order valence-electron chi connectivity index (χ0n) is 21.2. The number of alkyl halides is 3. The Hall–Kier alpha value is -4.32. The summed E-state index contributed by atoms with van der Waals surface area (Å²) in [6.45, 7) is 6.77. The largest absolute Gasteiger partial charge is 0.418 e. The summed E-state index contributed by atoms with van der Waals surface area (Å²) in [6.07, 6.45) is -4.11. The van der Waals surface area contributed by atoms with Crippen LogP contribution in [0, 0.1) is 12.3 Å². The zero-order valence-corrected chi connectivity index (χ0v) is 21.2. The summed E-state index contributed by atoms with van der Waals surface area (Å²) >= 11 is 0. The summed E-state index contributed by atoms with van der Waals surface area (Å²) in [4.78, 5) is 17.2. The predicted molar refractivity (Wildman–Crippen MR) is 140 cm³/mol. The number of aryl methyl sites for hydroxylation is 1. The monoisotopic (exact) mass is 527 g/mol. The smallest absolute Gasteiger partial charge is 0.402 e. The molecule has 0 aliphatic heterocycles. The molecule has 9 nitrogen and oxygen atoms in total. The average molecular weight is 528 g/mol. The van der Waals surface area contributed by atoms with Gasteiger partial charge in [-0.2, -0.15) is 18.3 Å². The van der Waals surface area contributed by atoms with Gasteiger partial charge < -0.3 is 26.9 Å². The third-order valence-corrected chi connectivity index (χ3v) is 5.54. The Kier molecular flexibility index (Phi) is 8.46. The Labute approximate surface area is 217 Å². The molecule has 3 rings (SSSR count). The molecule has 2 aromatic heterocycles. The summed E-state index contributed by atoms with van der Waals surface area (Å²) in [5, 5.41) is 30.1. The second-order valence-electron chi connectivity index (χ2n) is 8.85. The Morgan fingerprint density at radius 1 is 1.16 bits per heavy atom. The van der Waals surface area contributed by atoms with Crippen molar-refractivity contribution in [3.05, 3.63) is 70.8 Å².